The number of anilines is 1. The van der Waals surface area contributed by atoms with E-state index in [0.717, 1.165) is 52.8 Å². The minimum absolute atomic E-state index is 0.109. The van der Waals surface area contributed by atoms with Crippen LogP contribution in [0.15, 0.2) is 30.3 Å². The standard InChI is InChI=1S/C23H28N6O/c1-15-6-7-16(2)20(12-15)23(30)28-10-8-27(9-11-28)21-14-22(25-19(5)24-21)29-18(4)13-17(3)26-29/h6-7,12-14H,8-11H2,1-5H3. The fraction of sp³-hybridized carbons (Fsp3) is 0.391. The summed E-state index contributed by atoms with van der Waals surface area (Å²) in [7, 11) is 0. The Hall–Kier alpha value is -3.22. The number of hydrogen-bond acceptors (Lipinski definition) is 5. The maximum atomic E-state index is 13.0. The van der Waals surface area contributed by atoms with Crippen molar-refractivity contribution in [2.45, 2.75) is 34.6 Å². The van der Waals surface area contributed by atoms with E-state index in [2.05, 4.69) is 20.0 Å². The van der Waals surface area contributed by atoms with Crippen molar-refractivity contribution in [3.8, 4) is 5.82 Å². The van der Waals surface area contributed by atoms with Gasteiger partial charge in [0.2, 0.25) is 0 Å². The molecule has 0 radical (unpaired) electrons. The van der Waals surface area contributed by atoms with E-state index in [0.29, 0.717) is 18.9 Å². The summed E-state index contributed by atoms with van der Waals surface area (Å²) in [5.74, 6) is 2.47. The van der Waals surface area contributed by atoms with E-state index in [1.165, 1.54) is 0 Å². The van der Waals surface area contributed by atoms with Crippen molar-refractivity contribution in [2.24, 2.45) is 0 Å². The maximum absolute atomic E-state index is 13.0. The Morgan fingerprint density at radius 2 is 1.57 bits per heavy atom. The molecule has 1 aliphatic rings. The molecule has 0 aliphatic carbocycles. The van der Waals surface area contributed by atoms with Gasteiger partial charge in [0.1, 0.15) is 11.6 Å². The summed E-state index contributed by atoms with van der Waals surface area (Å²) in [4.78, 5) is 26.4. The molecule has 7 nitrogen and oxygen atoms in total. The lowest BCUT2D eigenvalue weighted by Crippen LogP contribution is -2.49. The van der Waals surface area contributed by atoms with Crippen LogP contribution in [0.1, 0.15) is 38.7 Å². The number of rotatable bonds is 3. The highest BCUT2D eigenvalue weighted by Gasteiger charge is 2.24. The van der Waals surface area contributed by atoms with Gasteiger partial charge in [-0.15, -0.1) is 0 Å². The minimum atomic E-state index is 0.109. The number of carbonyl (C=O) groups is 1. The van der Waals surface area contributed by atoms with Gasteiger partial charge in [0.25, 0.3) is 5.91 Å². The third kappa shape index (κ3) is 3.92. The van der Waals surface area contributed by atoms with Crippen LogP contribution >= 0.6 is 0 Å². The van der Waals surface area contributed by atoms with Crippen molar-refractivity contribution in [1.29, 1.82) is 0 Å². The van der Waals surface area contributed by atoms with E-state index in [1.807, 2.05) is 74.5 Å². The zero-order valence-corrected chi connectivity index (χ0v) is 18.3. The van der Waals surface area contributed by atoms with Crippen LogP contribution in [0.25, 0.3) is 5.82 Å². The largest absolute Gasteiger partial charge is 0.353 e. The number of benzene rings is 1. The predicted molar refractivity (Wildman–Crippen MR) is 117 cm³/mol. The number of carbonyl (C=O) groups excluding carboxylic acids is 1. The van der Waals surface area contributed by atoms with Gasteiger partial charge >= 0.3 is 0 Å². The second kappa shape index (κ2) is 7.89. The molecule has 156 valence electrons. The molecule has 0 unspecified atom stereocenters. The van der Waals surface area contributed by atoms with E-state index in [4.69, 9.17) is 0 Å². The number of nitrogens with zero attached hydrogens (tertiary/aromatic N) is 6. The van der Waals surface area contributed by atoms with Crippen LogP contribution in [-0.2, 0) is 0 Å². The number of aryl methyl sites for hydroxylation is 5. The van der Waals surface area contributed by atoms with Crippen molar-refractivity contribution in [1.82, 2.24) is 24.6 Å². The van der Waals surface area contributed by atoms with Crippen LogP contribution in [0.2, 0.25) is 0 Å². The molecule has 1 saturated heterocycles. The normalized spacial score (nSPS) is 14.3. The lowest BCUT2D eigenvalue weighted by atomic mass is 10.0. The zero-order chi connectivity index (χ0) is 21.4. The molecule has 30 heavy (non-hydrogen) atoms. The quantitative estimate of drug-likeness (QED) is 0.671. The predicted octanol–water partition coefficient (Wildman–Crippen LogP) is 3.17. The van der Waals surface area contributed by atoms with Gasteiger partial charge < -0.3 is 9.80 Å². The zero-order valence-electron chi connectivity index (χ0n) is 18.3. The van der Waals surface area contributed by atoms with Crippen LogP contribution < -0.4 is 4.90 Å². The highest BCUT2D eigenvalue weighted by atomic mass is 16.2. The van der Waals surface area contributed by atoms with Crippen molar-refractivity contribution < 1.29 is 4.79 Å². The van der Waals surface area contributed by atoms with Crippen molar-refractivity contribution in [3.63, 3.8) is 0 Å². The number of amides is 1. The second-order valence-electron chi connectivity index (χ2n) is 8.07. The molecule has 1 aromatic carbocycles. The molecule has 0 saturated carbocycles. The van der Waals surface area contributed by atoms with Crippen molar-refractivity contribution in [2.75, 3.05) is 31.1 Å². The summed E-state index contributed by atoms with van der Waals surface area (Å²) < 4.78 is 1.85. The van der Waals surface area contributed by atoms with Crippen molar-refractivity contribution in [3.05, 3.63) is 64.2 Å². The summed E-state index contributed by atoms with van der Waals surface area (Å²) in [6, 6.07) is 10.1. The first-order chi connectivity index (χ1) is 14.3. The first kappa shape index (κ1) is 20.1. The Morgan fingerprint density at radius 3 is 2.23 bits per heavy atom. The number of hydrogen-bond donors (Lipinski definition) is 0. The summed E-state index contributed by atoms with van der Waals surface area (Å²) in [5, 5.41) is 4.55. The topological polar surface area (TPSA) is 67.2 Å². The Labute approximate surface area is 177 Å². The average molecular weight is 405 g/mol. The highest BCUT2D eigenvalue weighted by molar-refractivity contribution is 5.96. The SMILES string of the molecule is Cc1ccc(C)c(C(=O)N2CCN(c3cc(-n4nc(C)cc4C)nc(C)n3)CC2)c1. The highest BCUT2D eigenvalue weighted by Crippen LogP contribution is 2.20. The fourth-order valence-electron chi connectivity index (χ4n) is 3.94. The molecule has 0 spiro atoms. The van der Waals surface area contributed by atoms with Crippen LogP contribution in [0.4, 0.5) is 5.82 Å². The molecular formula is C23H28N6O. The molecule has 1 aliphatic heterocycles. The molecule has 3 aromatic rings. The third-order valence-electron chi connectivity index (χ3n) is 5.55. The molecule has 2 aromatic heterocycles. The van der Waals surface area contributed by atoms with Crippen LogP contribution in [0, 0.1) is 34.6 Å². The number of aromatic nitrogens is 4. The van der Waals surface area contributed by atoms with Gasteiger partial charge in [0.05, 0.1) is 5.69 Å². The molecule has 1 amide bonds. The Morgan fingerprint density at radius 1 is 0.867 bits per heavy atom. The van der Waals surface area contributed by atoms with Gasteiger partial charge in [-0.3, -0.25) is 4.79 Å². The van der Waals surface area contributed by atoms with Gasteiger partial charge in [-0.05, 0) is 52.3 Å². The van der Waals surface area contributed by atoms with Gasteiger partial charge in [-0.1, -0.05) is 17.7 Å². The maximum Gasteiger partial charge on any atom is 0.254 e. The van der Waals surface area contributed by atoms with E-state index < -0.39 is 0 Å². The molecule has 0 N–H and O–H groups in total. The van der Waals surface area contributed by atoms with E-state index in [1.54, 1.807) is 0 Å². The summed E-state index contributed by atoms with van der Waals surface area (Å²) >= 11 is 0. The Balaban J connectivity index is 1.51. The van der Waals surface area contributed by atoms with E-state index in [-0.39, 0.29) is 5.91 Å². The molecular weight excluding hydrogens is 376 g/mol. The molecule has 0 atom stereocenters. The Kier molecular flexibility index (Phi) is 5.28. The van der Waals surface area contributed by atoms with E-state index >= 15 is 0 Å². The summed E-state index contributed by atoms with van der Waals surface area (Å²) in [6.07, 6.45) is 0. The van der Waals surface area contributed by atoms with Crippen molar-refractivity contribution >= 4 is 11.7 Å². The monoisotopic (exact) mass is 404 g/mol. The van der Waals surface area contributed by atoms with Gasteiger partial charge in [-0.25, -0.2) is 14.6 Å². The third-order valence-corrected chi connectivity index (χ3v) is 5.55. The summed E-state index contributed by atoms with van der Waals surface area (Å²) in [6.45, 7) is 12.7. The van der Waals surface area contributed by atoms with Crippen LogP contribution in [0.5, 0.6) is 0 Å². The van der Waals surface area contributed by atoms with Crippen LogP contribution in [0.3, 0.4) is 0 Å². The molecule has 1 fully saturated rings. The van der Waals surface area contributed by atoms with Gasteiger partial charge in [0.15, 0.2) is 5.82 Å². The lowest BCUT2D eigenvalue weighted by molar-refractivity contribution is 0.0745. The molecule has 0 bridgehead atoms. The van der Waals surface area contributed by atoms with Crippen LogP contribution in [-0.4, -0.2) is 56.7 Å². The molecule has 7 heteroatoms. The smallest absolute Gasteiger partial charge is 0.254 e. The second-order valence-corrected chi connectivity index (χ2v) is 8.07. The van der Waals surface area contributed by atoms with Gasteiger partial charge in [0, 0.05) is 43.5 Å². The molecule has 4 rings (SSSR count). The number of piperazine rings is 1. The summed E-state index contributed by atoms with van der Waals surface area (Å²) in [5.41, 5.74) is 4.93. The first-order valence-electron chi connectivity index (χ1n) is 10.3. The lowest BCUT2D eigenvalue weighted by Gasteiger charge is -2.35. The van der Waals surface area contributed by atoms with Gasteiger partial charge in [-0.2, -0.15) is 5.10 Å². The average Bonchev–Trinajstić information content (AvgIpc) is 3.07. The Bertz CT molecular complexity index is 1100. The first-order valence-corrected chi connectivity index (χ1v) is 10.3. The molecule has 3 heterocycles. The fourth-order valence-corrected chi connectivity index (χ4v) is 3.94. The van der Waals surface area contributed by atoms with E-state index in [9.17, 15) is 4.79 Å². The minimum Gasteiger partial charge on any atom is -0.353 e.